The lowest BCUT2D eigenvalue weighted by molar-refractivity contribution is -0.145. The number of anilines is 1. The number of ether oxygens (including phenoxy) is 1. The minimum atomic E-state index is -0.550. The first kappa shape index (κ1) is 14.2. The van der Waals surface area contributed by atoms with E-state index in [0.717, 1.165) is 11.1 Å². The molecule has 0 aliphatic heterocycles. The SMILES string of the molecule is CCOC(=O)CC(=O)Nc1cccc(CO)c1C. The maximum absolute atomic E-state index is 11.6. The molecule has 18 heavy (non-hydrogen) atoms. The molecule has 1 rings (SSSR count). The third kappa shape index (κ3) is 3.85. The zero-order valence-corrected chi connectivity index (χ0v) is 10.5. The Kier molecular flexibility index (Phi) is 5.32. The number of rotatable bonds is 5. The highest BCUT2D eigenvalue weighted by molar-refractivity contribution is 6.02. The predicted molar refractivity (Wildman–Crippen MR) is 67.0 cm³/mol. The molecule has 0 saturated heterocycles. The van der Waals surface area contributed by atoms with Crippen molar-refractivity contribution in [1.29, 1.82) is 0 Å². The molecule has 2 N–H and O–H groups in total. The summed E-state index contributed by atoms with van der Waals surface area (Å²) in [6, 6.07) is 5.23. The summed E-state index contributed by atoms with van der Waals surface area (Å²) in [6.07, 6.45) is -0.309. The van der Waals surface area contributed by atoms with Crippen molar-refractivity contribution in [1.82, 2.24) is 0 Å². The minimum absolute atomic E-state index is 0.0899. The zero-order chi connectivity index (χ0) is 13.5. The monoisotopic (exact) mass is 251 g/mol. The number of hydrogen-bond donors (Lipinski definition) is 2. The van der Waals surface area contributed by atoms with Gasteiger partial charge in [-0.15, -0.1) is 0 Å². The van der Waals surface area contributed by atoms with E-state index >= 15 is 0 Å². The van der Waals surface area contributed by atoms with Crippen molar-refractivity contribution in [2.75, 3.05) is 11.9 Å². The van der Waals surface area contributed by atoms with Gasteiger partial charge in [0.05, 0.1) is 13.2 Å². The van der Waals surface area contributed by atoms with Crippen LogP contribution in [0.4, 0.5) is 5.69 Å². The summed E-state index contributed by atoms with van der Waals surface area (Å²) in [5, 5.41) is 11.7. The van der Waals surface area contributed by atoms with Crippen LogP contribution in [0.5, 0.6) is 0 Å². The molecule has 0 fully saturated rings. The van der Waals surface area contributed by atoms with Crippen LogP contribution in [0.15, 0.2) is 18.2 Å². The van der Waals surface area contributed by atoms with Crippen LogP contribution in [0.2, 0.25) is 0 Å². The van der Waals surface area contributed by atoms with E-state index in [4.69, 9.17) is 5.11 Å². The van der Waals surface area contributed by atoms with E-state index in [-0.39, 0.29) is 19.6 Å². The van der Waals surface area contributed by atoms with Gasteiger partial charge in [-0.2, -0.15) is 0 Å². The first-order valence-corrected chi connectivity index (χ1v) is 5.73. The predicted octanol–water partition coefficient (Wildman–Crippen LogP) is 1.38. The van der Waals surface area contributed by atoms with Crippen LogP contribution in [-0.2, 0) is 20.9 Å². The number of amides is 1. The quantitative estimate of drug-likeness (QED) is 0.612. The Morgan fingerprint density at radius 3 is 2.72 bits per heavy atom. The Balaban J connectivity index is 2.67. The topological polar surface area (TPSA) is 75.6 Å². The smallest absolute Gasteiger partial charge is 0.315 e. The standard InChI is InChI=1S/C13H17NO4/c1-3-18-13(17)7-12(16)14-11-6-4-5-10(8-15)9(11)2/h4-6,15H,3,7-8H2,1-2H3,(H,14,16). The molecule has 1 aromatic rings. The molecule has 0 saturated carbocycles. The number of benzene rings is 1. The average Bonchev–Trinajstić information content (AvgIpc) is 2.32. The first-order valence-electron chi connectivity index (χ1n) is 5.73. The fourth-order valence-electron chi connectivity index (χ4n) is 1.53. The van der Waals surface area contributed by atoms with Gasteiger partial charge in [-0.1, -0.05) is 12.1 Å². The lowest BCUT2D eigenvalue weighted by Crippen LogP contribution is -2.18. The molecule has 0 aliphatic rings. The fraction of sp³-hybridized carbons (Fsp3) is 0.385. The minimum Gasteiger partial charge on any atom is -0.466 e. The van der Waals surface area contributed by atoms with E-state index in [0.29, 0.717) is 5.69 Å². The highest BCUT2D eigenvalue weighted by atomic mass is 16.5. The first-order chi connectivity index (χ1) is 8.58. The molecule has 0 radical (unpaired) electrons. The van der Waals surface area contributed by atoms with Crippen LogP contribution < -0.4 is 5.32 Å². The fourth-order valence-corrected chi connectivity index (χ4v) is 1.53. The number of hydrogen-bond acceptors (Lipinski definition) is 4. The van der Waals surface area contributed by atoms with Crippen molar-refractivity contribution in [3.05, 3.63) is 29.3 Å². The molecule has 98 valence electrons. The van der Waals surface area contributed by atoms with Crippen LogP contribution in [0, 0.1) is 6.92 Å². The van der Waals surface area contributed by atoms with Crippen molar-refractivity contribution in [2.45, 2.75) is 26.9 Å². The zero-order valence-electron chi connectivity index (χ0n) is 10.5. The molecule has 0 heterocycles. The van der Waals surface area contributed by atoms with Crippen LogP contribution in [0.3, 0.4) is 0 Å². The van der Waals surface area contributed by atoms with Gasteiger partial charge in [-0.25, -0.2) is 0 Å². The van der Waals surface area contributed by atoms with Crippen molar-refractivity contribution < 1.29 is 19.4 Å². The Morgan fingerprint density at radius 2 is 2.11 bits per heavy atom. The van der Waals surface area contributed by atoms with E-state index in [1.54, 1.807) is 32.0 Å². The van der Waals surface area contributed by atoms with Crippen LogP contribution in [-0.4, -0.2) is 23.6 Å². The lowest BCUT2D eigenvalue weighted by Gasteiger charge is -2.10. The van der Waals surface area contributed by atoms with Crippen molar-refractivity contribution >= 4 is 17.6 Å². The normalized spacial score (nSPS) is 9.94. The molecule has 0 aromatic heterocycles. The summed E-state index contributed by atoms with van der Waals surface area (Å²) in [4.78, 5) is 22.7. The number of aliphatic hydroxyl groups excluding tert-OH is 1. The molecule has 0 spiro atoms. The summed E-state index contributed by atoms with van der Waals surface area (Å²) in [7, 11) is 0. The highest BCUT2D eigenvalue weighted by Crippen LogP contribution is 2.19. The molecule has 0 atom stereocenters. The van der Waals surface area contributed by atoms with Gasteiger partial charge in [-0.3, -0.25) is 9.59 Å². The third-order valence-corrected chi connectivity index (χ3v) is 2.50. The van der Waals surface area contributed by atoms with Crippen molar-refractivity contribution in [2.24, 2.45) is 0 Å². The summed E-state index contributed by atoms with van der Waals surface area (Å²) in [5.74, 6) is -0.974. The number of esters is 1. The average molecular weight is 251 g/mol. The molecule has 5 nitrogen and oxygen atoms in total. The van der Waals surface area contributed by atoms with Crippen LogP contribution in [0.1, 0.15) is 24.5 Å². The second-order valence-corrected chi connectivity index (χ2v) is 3.78. The molecule has 0 unspecified atom stereocenters. The third-order valence-electron chi connectivity index (χ3n) is 2.50. The summed E-state index contributed by atoms with van der Waals surface area (Å²) < 4.78 is 4.69. The lowest BCUT2D eigenvalue weighted by atomic mass is 10.1. The number of nitrogens with one attached hydrogen (secondary N) is 1. The molecule has 1 amide bonds. The second kappa shape index (κ2) is 6.76. The van der Waals surface area contributed by atoms with E-state index in [9.17, 15) is 9.59 Å². The van der Waals surface area contributed by atoms with Crippen molar-refractivity contribution in [3.8, 4) is 0 Å². The molecule has 5 heteroatoms. The van der Waals surface area contributed by atoms with Crippen molar-refractivity contribution in [3.63, 3.8) is 0 Å². The van der Waals surface area contributed by atoms with Crippen LogP contribution in [0.25, 0.3) is 0 Å². The van der Waals surface area contributed by atoms with E-state index in [2.05, 4.69) is 10.1 Å². The van der Waals surface area contributed by atoms with Crippen LogP contribution >= 0.6 is 0 Å². The Labute approximate surface area is 106 Å². The van der Waals surface area contributed by atoms with Gasteiger partial charge >= 0.3 is 5.97 Å². The molecular formula is C13H17NO4. The van der Waals surface area contributed by atoms with Gasteiger partial charge < -0.3 is 15.2 Å². The second-order valence-electron chi connectivity index (χ2n) is 3.78. The maximum Gasteiger partial charge on any atom is 0.315 e. The number of aliphatic hydroxyl groups is 1. The summed E-state index contributed by atoms with van der Waals surface area (Å²) >= 11 is 0. The largest absolute Gasteiger partial charge is 0.466 e. The van der Waals surface area contributed by atoms with E-state index in [1.165, 1.54) is 0 Å². The van der Waals surface area contributed by atoms with Gasteiger partial charge in [0.1, 0.15) is 6.42 Å². The van der Waals surface area contributed by atoms with Gasteiger partial charge in [0, 0.05) is 5.69 Å². The van der Waals surface area contributed by atoms with E-state index < -0.39 is 11.9 Å². The maximum atomic E-state index is 11.6. The summed E-state index contributed by atoms with van der Waals surface area (Å²) in [5.41, 5.74) is 2.12. The van der Waals surface area contributed by atoms with Gasteiger partial charge in [-0.05, 0) is 31.0 Å². The Hall–Kier alpha value is -1.88. The van der Waals surface area contributed by atoms with Gasteiger partial charge in [0.25, 0.3) is 0 Å². The highest BCUT2D eigenvalue weighted by Gasteiger charge is 2.12. The summed E-state index contributed by atoms with van der Waals surface area (Å²) in [6.45, 7) is 3.65. The van der Waals surface area contributed by atoms with Gasteiger partial charge in [0.2, 0.25) is 5.91 Å². The van der Waals surface area contributed by atoms with E-state index in [1.807, 2.05) is 0 Å². The molecule has 1 aromatic carbocycles. The Bertz CT molecular complexity index is 443. The van der Waals surface area contributed by atoms with Gasteiger partial charge in [0.15, 0.2) is 0 Å². The molecule has 0 aliphatic carbocycles. The molecular weight excluding hydrogens is 234 g/mol. The number of carbonyl (C=O) groups excluding carboxylic acids is 2. The molecule has 0 bridgehead atoms. The number of carbonyl (C=O) groups is 2. The Morgan fingerprint density at radius 1 is 1.39 bits per heavy atom.